The minimum absolute atomic E-state index is 0.0348. The maximum Gasteiger partial charge on any atom is 0.336 e. The van der Waals surface area contributed by atoms with Gasteiger partial charge in [0.25, 0.3) is 11.8 Å². The van der Waals surface area contributed by atoms with Crippen molar-refractivity contribution in [3.8, 4) is 22.6 Å². The lowest BCUT2D eigenvalue weighted by Crippen LogP contribution is -2.20. The molecule has 4 N–H and O–H groups in total. The van der Waals surface area contributed by atoms with Crippen LogP contribution in [0.4, 0.5) is 11.4 Å². The van der Waals surface area contributed by atoms with Crippen molar-refractivity contribution >= 4 is 47.1 Å². The van der Waals surface area contributed by atoms with Gasteiger partial charge in [-0.25, -0.2) is 9.59 Å². The summed E-state index contributed by atoms with van der Waals surface area (Å²) in [5, 5.41) is 24.3. The summed E-state index contributed by atoms with van der Waals surface area (Å²) in [5.74, 6) is -4.70. The monoisotopic (exact) mass is 596 g/mol. The van der Waals surface area contributed by atoms with Crippen LogP contribution in [0.3, 0.4) is 0 Å². The first-order chi connectivity index (χ1) is 20.9. The van der Waals surface area contributed by atoms with E-state index in [-0.39, 0.29) is 22.6 Å². The SMILES string of the molecule is CC(=O)Oc1ccc(NC(=O)c2ccc(-c3ccc(C(=O)O)c(C(=O)O)c3)cc2C(=O)Nc2ccc(OC(C)=O)cc2)cc1. The average Bonchev–Trinajstić information content (AvgIpc) is 2.98. The average molecular weight is 597 g/mol. The number of hydrogen-bond acceptors (Lipinski definition) is 8. The van der Waals surface area contributed by atoms with Gasteiger partial charge in [-0.3, -0.25) is 19.2 Å². The van der Waals surface area contributed by atoms with Gasteiger partial charge in [0.2, 0.25) is 0 Å². The van der Waals surface area contributed by atoms with Crippen molar-refractivity contribution in [2.45, 2.75) is 13.8 Å². The van der Waals surface area contributed by atoms with Crippen LogP contribution >= 0.6 is 0 Å². The summed E-state index contributed by atoms with van der Waals surface area (Å²) in [4.78, 5) is 72.4. The highest BCUT2D eigenvalue weighted by molar-refractivity contribution is 6.16. The van der Waals surface area contributed by atoms with E-state index in [0.29, 0.717) is 22.5 Å². The van der Waals surface area contributed by atoms with Gasteiger partial charge in [0.05, 0.1) is 22.3 Å². The van der Waals surface area contributed by atoms with Crippen LogP contribution in [0.1, 0.15) is 55.3 Å². The third-order valence-corrected chi connectivity index (χ3v) is 6.07. The number of benzene rings is 4. The fourth-order valence-electron chi connectivity index (χ4n) is 4.14. The number of amides is 2. The maximum absolute atomic E-state index is 13.5. The molecule has 4 aromatic rings. The van der Waals surface area contributed by atoms with Gasteiger partial charge in [-0.05, 0) is 83.9 Å². The van der Waals surface area contributed by atoms with Gasteiger partial charge in [-0.15, -0.1) is 0 Å². The Hall–Kier alpha value is -6.30. The molecule has 0 bridgehead atoms. The highest BCUT2D eigenvalue weighted by Crippen LogP contribution is 2.27. The van der Waals surface area contributed by atoms with E-state index >= 15 is 0 Å². The summed E-state index contributed by atoms with van der Waals surface area (Å²) in [5.41, 5.74) is 0.315. The molecule has 0 aliphatic carbocycles. The molecule has 44 heavy (non-hydrogen) atoms. The van der Waals surface area contributed by atoms with E-state index in [2.05, 4.69) is 10.6 Å². The Bertz CT molecular complexity index is 1800. The number of carbonyl (C=O) groups is 6. The van der Waals surface area contributed by atoms with Crippen LogP contribution in [0.2, 0.25) is 0 Å². The highest BCUT2D eigenvalue weighted by atomic mass is 16.5. The van der Waals surface area contributed by atoms with Crippen LogP contribution in [0.5, 0.6) is 11.5 Å². The largest absolute Gasteiger partial charge is 0.478 e. The Kier molecular flexibility index (Phi) is 9.14. The molecule has 0 spiro atoms. The number of hydrogen-bond donors (Lipinski definition) is 4. The first-order valence-corrected chi connectivity index (χ1v) is 12.9. The molecule has 0 aliphatic heterocycles. The number of aromatic carboxylic acids is 2. The van der Waals surface area contributed by atoms with Crippen molar-refractivity contribution in [2.75, 3.05) is 10.6 Å². The molecular formula is C32H24N2O10. The van der Waals surface area contributed by atoms with Crippen molar-refractivity contribution in [1.82, 2.24) is 0 Å². The van der Waals surface area contributed by atoms with Gasteiger partial charge >= 0.3 is 23.9 Å². The van der Waals surface area contributed by atoms with Gasteiger partial charge in [-0.2, -0.15) is 0 Å². The first kappa shape index (κ1) is 30.7. The van der Waals surface area contributed by atoms with Crippen LogP contribution < -0.4 is 20.1 Å². The van der Waals surface area contributed by atoms with Crippen LogP contribution in [0.25, 0.3) is 11.1 Å². The summed E-state index contributed by atoms with van der Waals surface area (Å²) in [6.45, 7) is 2.50. The van der Waals surface area contributed by atoms with E-state index in [0.717, 1.165) is 6.07 Å². The summed E-state index contributed by atoms with van der Waals surface area (Å²) in [7, 11) is 0. The van der Waals surface area contributed by atoms with Gasteiger partial charge in [0, 0.05) is 25.2 Å². The van der Waals surface area contributed by atoms with Crippen molar-refractivity contribution < 1.29 is 48.5 Å². The Labute approximate surface area is 249 Å². The molecule has 0 saturated carbocycles. The fraction of sp³-hybridized carbons (Fsp3) is 0.0625. The number of anilines is 2. The third-order valence-electron chi connectivity index (χ3n) is 6.07. The van der Waals surface area contributed by atoms with Gasteiger partial charge in [0.15, 0.2) is 0 Å². The standard InChI is InChI=1S/C32H24N2O10/c1-17(35)43-23-9-5-21(6-10-23)33-29(37)25-13-3-19(20-4-14-26(31(39)40)28(16-20)32(41)42)15-27(25)30(38)34-22-7-11-24(12-8-22)44-18(2)36/h3-16H,1-2H3,(H,33,37)(H,34,38)(H,39,40)(H,41,42). The van der Waals surface area contributed by atoms with Crippen molar-refractivity contribution in [2.24, 2.45) is 0 Å². The quantitative estimate of drug-likeness (QED) is 0.150. The Balaban J connectivity index is 1.71. The lowest BCUT2D eigenvalue weighted by molar-refractivity contribution is -0.132. The number of carboxylic acid groups (broad SMARTS) is 2. The second kappa shape index (κ2) is 13.1. The predicted octanol–water partition coefficient (Wildman–Crippen LogP) is 5.11. The molecule has 0 aliphatic rings. The van der Waals surface area contributed by atoms with Gasteiger partial charge in [0.1, 0.15) is 11.5 Å². The van der Waals surface area contributed by atoms with E-state index in [1.165, 1.54) is 92.7 Å². The molecule has 0 aromatic heterocycles. The lowest BCUT2D eigenvalue weighted by Gasteiger charge is -2.14. The zero-order valence-corrected chi connectivity index (χ0v) is 23.2. The molecule has 0 atom stereocenters. The molecule has 0 radical (unpaired) electrons. The summed E-state index contributed by atoms with van der Waals surface area (Å²) in [6, 6.07) is 19.9. The zero-order valence-electron chi connectivity index (χ0n) is 23.2. The molecule has 222 valence electrons. The molecule has 0 heterocycles. The number of ether oxygens (including phenoxy) is 2. The molecule has 4 aromatic carbocycles. The Morgan fingerprint density at radius 2 is 0.886 bits per heavy atom. The smallest absolute Gasteiger partial charge is 0.336 e. The Morgan fingerprint density at radius 3 is 1.30 bits per heavy atom. The van der Waals surface area contributed by atoms with E-state index in [9.17, 15) is 39.0 Å². The second-order valence-electron chi connectivity index (χ2n) is 9.28. The van der Waals surface area contributed by atoms with Crippen LogP contribution in [0, 0.1) is 0 Å². The van der Waals surface area contributed by atoms with Crippen molar-refractivity contribution in [3.63, 3.8) is 0 Å². The minimum atomic E-state index is -1.45. The normalized spacial score (nSPS) is 10.3. The topological polar surface area (TPSA) is 185 Å². The Morgan fingerprint density at radius 1 is 0.500 bits per heavy atom. The lowest BCUT2D eigenvalue weighted by atomic mass is 9.95. The zero-order chi connectivity index (χ0) is 32.0. The molecule has 0 unspecified atom stereocenters. The summed E-state index contributed by atoms with van der Waals surface area (Å²) in [6.07, 6.45) is 0. The first-order valence-electron chi connectivity index (χ1n) is 12.9. The van der Waals surface area contributed by atoms with Crippen LogP contribution in [0.15, 0.2) is 84.9 Å². The summed E-state index contributed by atoms with van der Waals surface area (Å²) >= 11 is 0. The van der Waals surface area contributed by atoms with E-state index < -0.39 is 46.8 Å². The maximum atomic E-state index is 13.5. The van der Waals surface area contributed by atoms with Crippen LogP contribution in [-0.4, -0.2) is 45.9 Å². The van der Waals surface area contributed by atoms with Crippen molar-refractivity contribution in [3.05, 3.63) is 107 Å². The molecular weight excluding hydrogens is 572 g/mol. The van der Waals surface area contributed by atoms with E-state index in [4.69, 9.17) is 9.47 Å². The van der Waals surface area contributed by atoms with Crippen molar-refractivity contribution in [1.29, 1.82) is 0 Å². The van der Waals surface area contributed by atoms with Gasteiger partial charge < -0.3 is 30.3 Å². The second-order valence-corrected chi connectivity index (χ2v) is 9.28. The predicted molar refractivity (Wildman–Crippen MR) is 157 cm³/mol. The molecule has 12 nitrogen and oxygen atoms in total. The third kappa shape index (κ3) is 7.50. The number of carbonyl (C=O) groups excluding carboxylic acids is 4. The number of rotatable bonds is 9. The number of esters is 2. The fourth-order valence-corrected chi connectivity index (χ4v) is 4.14. The molecule has 0 fully saturated rings. The van der Waals surface area contributed by atoms with E-state index in [1.807, 2.05) is 0 Å². The minimum Gasteiger partial charge on any atom is -0.478 e. The summed E-state index contributed by atoms with van der Waals surface area (Å²) < 4.78 is 9.99. The van der Waals surface area contributed by atoms with Crippen LogP contribution in [-0.2, 0) is 9.59 Å². The van der Waals surface area contributed by atoms with E-state index in [1.54, 1.807) is 0 Å². The molecule has 12 heteroatoms. The molecule has 0 saturated heterocycles. The highest BCUT2D eigenvalue weighted by Gasteiger charge is 2.21. The number of nitrogens with one attached hydrogen (secondary N) is 2. The van der Waals surface area contributed by atoms with Gasteiger partial charge in [-0.1, -0.05) is 12.1 Å². The molecule has 4 rings (SSSR count). The molecule has 2 amide bonds. The number of carboxylic acids is 2.